The second-order valence-electron chi connectivity index (χ2n) is 8.52. The summed E-state index contributed by atoms with van der Waals surface area (Å²) in [6.07, 6.45) is 0. The third-order valence-electron chi connectivity index (χ3n) is 6.59. The van der Waals surface area contributed by atoms with Crippen molar-refractivity contribution >= 4 is 5.97 Å². The van der Waals surface area contributed by atoms with E-state index in [1.54, 1.807) is 18.2 Å². The topological polar surface area (TPSA) is 81.8 Å². The molecule has 4 rings (SSSR count). The molecule has 5 nitrogen and oxygen atoms in total. The Morgan fingerprint density at radius 2 is 1.33 bits per heavy atom. The minimum atomic E-state index is -1.04. The maximum absolute atomic E-state index is 14.8. The number of aromatic carboxylic acids is 1. The van der Waals surface area contributed by atoms with Gasteiger partial charge in [-0.25, -0.2) is 9.18 Å². The Kier molecular flexibility index (Phi) is 7.08. The lowest BCUT2D eigenvalue weighted by Gasteiger charge is -2.18. The molecule has 0 aromatic heterocycles. The van der Waals surface area contributed by atoms with Crippen molar-refractivity contribution in [2.75, 3.05) is 14.2 Å². The van der Waals surface area contributed by atoms with Crippen LogP contribution in [0.2, 0.25) is 0 Å². The second kappa shape index (κ2) is 10.2. The Labute approximate surface area is 209 Å². The minimum Gasteiger partial charge on any atom is -0.496 e. The van der Waals surface area contributed by atoms with Gasteiger partial charge >= 0.3 is 5.97 Å². The molecule has 0 aliphatic carbocycles. The van der Waals surface area contributed by atoms with Gasteiger partial charge in [-0.15, -0.1) is 0 Å². The number of hydrogen-bond acceptors (Lipinski definition) is 4. The lowest BCUT2D eigenvalue weighted by molar-refractivity contribution is 0.0693. The van der Waals surface area contributed by atoms with Gasteiger partial charge in [0, 0.05) is 12.1 Å². The molecule has 0 aliphatic heterocycles. The van der Waals surface area contributed by atoms with Gasteiger partial charge in [-0.1, -0.05) is 42.5 Å². The molecule has 0 saturated heterocycles. The summed E-state index contributed by atoms with van der Waals surface area (Å²) in [5.74, 6) is -0.702. The average molecular weight is 486 g/mol. The third-order valence-corrected chi connectivity index (χ3v) is 6.59. The van der Waals surface area contributed by atoms with Gasteiger partial charge in [-0.2, -0.15) is 0 Å². The van der Waals surface area contributed by atoms with Gasteiger partial charge in [0.25, 0.3) is 0 Å². The number of benzene rings is 4. The largest absolute Gasteiger partial charge is 0.496 e. The molecule has 0 fully saturated rings. The maximum Gasteiger partial charge on any atom is 0.339 e. The van der Waals surface area contributed by atoms with Gasteiger partial charge in [-0.3, -0.25) is 0 Å². The van der Waals surface area contributed by atoms with Crippen LogP contribution in [-0.2, 0) is 6.54 Å². The van der Waals surface area contributed by atoms with Crippen LogP contribution in [0.1, 0.15) is 27.0 Å². The number of carboxylic acid groups (broad SMARTS) is 1. The van der Waals surface area contributed by atoms with Crippen molar-refractivity contribution in [1.29, 1.82) is 0 Å². The summed E-state index contributed by atoms with van der Waals surface area (Å²) in [6.45, 7) is 4.11. The number of ether oxygens (including phenoxy) is 2. The van der Waals surface area contributed by atoms with Crippen molar-refractivity contribution in [3.05, 3.63) is 94.8 Å². The van der Waals surface area contributed by atoms with Gasteiger partial charge in [0.15, 0.2) is 0 Å². The first-order valence-corrected chi connectivity index (χ1v) is 11.5. The first kappa shape index (κ1) is 24.9. The zero-order valence-corrected chi connectivity index (χ0v) is 20.7. The lowest BCUT2D eigenvalue weighted by atomic mass is 9.87. The summed E-state index contributed by atoms with van der Waals surface area (Å²) in [6, 6.07) is 20.4. The molecule has 0 atom stereocenters. The average Bonchev–Trinajstić information content (AvgIpc) is 2.88. The quantitative estimate of drug-likeness (QED) is 0.308. The number of carboxylic acids is 1. The third kappa shape index (κ3) is 4.43. The predicted molar refractivity (Wildman–Crippen MR) is 140 cm³/mol. The maximum atomic E-state index is 14.8. The molecule has 0 bridgehead atoms. The van der Waals surface area contributed by atoms with Crippen LogP contribution in [0, 0.1) is 19.7 Å². The summed E-state index contributed by atoms with van der Waals surface area (Å²) in [7, 11) is 2.97. The van der Waals surface area contributed by atoms with Crippen molar-refractivity contribution in [3.8, 4) is 44.9 Å². The highest BCUT2D eigenvalue weighted by Crippen LogP contribution is 2.39. The first-order chi connectivity index (χ1) is 17.3. The van der Waals surface area contributed by atoms with E-state index in [-0.39, 0.29) is 12.1 Å². The predicted octanol–water partition coefficient (Wildman–Crippen LogP) is 6.62. The summed E-state index contributed by atoms with van der Waals surface area (Å²) >= 11 is 0. The fraction of sp³-hybridized carbons (Fsp3) is 0.167. The van der Waals surface area contributed by atoms with Gasteiger partial charge in [-0.05, 0) is 82.6 Å². The Hall–Kier alpha value is -4.16. The molecule has 3 N–H and O–H groups in total. The summed E-state index contributed by atoms with van der Waals surface area (Å²) in [5.41, 5.74) is 13.7. The highest BCUT2D eigenvalue weighted by Gasteiger charge is 2.17. The standard InChI is InChI=1S/C30H28FNO4/c1-17-21(19-11-12-25(30(33)34)28(14-19)35-3)7-5-9-23(17)24-10-6-8-22(18(24)2)20-13-27(31)26(16-32)29(15-20)36-4/h5-15H,16,32H2,1-4H3,(H,33,34). The van der Waals surface area contributed by atoms with Gasteiger partial charge < -0.3 is 20.3 Å². The molecular weight excluding hydrogens is 457 g/mol. The highest BCUT2D eigenvalue weighted by molar-refractivity contribution is 5.92. The van der Waals surface area contributed by atoms with Crippen molar-refractivity contribution in [2.45, 2.75) is 20.4 Å². The smallest absolute Gasteiger partial charge is 0.339 e. The monoisotopic (exact) mass is 485 g/mol. The molecule has 4 aromatic rings. The van der Waals surface area contributed by atoms with Gasteiger partial charge in [0.1, 0.15) is 22.9 Å². The normalized spacial score (nSPS) is 10.8. The number of nitrogens with two attached hydrogens (primary N) is 1. The van der Waals surface area contributed by atoms with E-state index in [0.717, 1.165) is 38.9 Å². The Morgan fingerprint density at radius 1 is 0.806 bits per heavy atom. The molecule has 0 amide bonds. The van der Waals surface area contributed by atoms with E-state index in [1.807, 2.05) is 56.3 Å². The van der Waals surface area contributed by atoms with Crippen molar-refractivity contribution < 1.29 is 23.8 Å². The zero-order valence-electron chi connectivity index (χ0n) is 20.7. The number of halogens is 1. The molecule has 184 valence electrons. The number of carbonyl (C=O) groups is 1. The number of rotatable bonds is 7. The Morgan fingerprint density at radius 3 is 1.86 bits per heavy atom. The molecule has 0 saturated carbocycles. The van der Waals surface area contributed by atoms with Crippen LogP contribution < -0.4 is 15.2 Å². The minimum absolute atomic E-state index is 0.0541. The molecule has 0 radical (unpaired) electrons. The molecule has 6 heteroatoms. The lowest BCUT2D eigenvalue weighted by Crippen LogP contribution is -2.04. The highest BCUT2D eigenvalue weighted by atomic mass is 19.1. The van der Waals surface area contributed by atoms with Crippen molar-refractivity contribution in [2.24, 2.45) is 5.73 Å². The van der Waals surface area contributed by atoms with Crippen LogP contribution in [0.3, 0.4) is 0 Å². The molecule has 0 aliphatic rings. The Balaban J connectivity index is 1.84. The number of hydrogen-bond donors (Lipinski definition) is 2. The summed E-state index contributed by atoms with van der Waals surface area (Å²) in [4.78, 5) is 11.5. The zero-order chi connectivity index (χ0) is 26.0. The fourth-order valence-electron chi connectivity index (χ4n) is 4.66. The van der Waals surface area contributed by atoms with Crippen LogP contribution >= 0.6 is 0 Å². The molecule has 4 aromatic carbocycles. The van der Waals surface area contributed by atoms with E-state index in [9.17, 15) is 14.3 Å². The van der Waals surface area contributed by atoms with E-state index in [2.05, 4.69) is 0 Å². The number of methoxy groups -OCH3 is 2. The molecular formula is C30H28FNO4. The van der Waals surface area contributed by atoms with Crippen molar-refractivity contribution in [1.82, 2.24) is 0 Å². The van der Waals surface area contributed by atoms with Crippen LogP contribution in [0.5, 0.6) is 11.5 Å². The summed E-state index contributed by atoms with van der Waals surface area (Å²) in [5, 5.41) is 9.42. The van der Waals surface area contributed by atoms with E-state index in [4.69, 9.17) is 15.2 Å². The van der Waals surface area contributed by atoms with E-state index in [0.29, 0.717) is 22.6 Å². The Bertz CT molecular complexity index is 1460. The van der Waals surface area contributed by atoms with Gasteiger partial charge in [0.05, 0.1) is 14.2 Å². The first-order valence-electron chi connectivity index (χ1n) is 11.5. The van der Waals surface area contributed by atoms with Crippen LogP contribution in [0.25, 0.3) is 33.4 Å². The van der Waals surface area contributed by atoms with Crippen LogP contribution in [-0.4, -0.2) is 25.3 Å². The second-order valence-corrected chi connectivity index (χ2v) is 8.52. The summed E-state index contributed by atoms with van der Waals surface area (Å²) < 4.78 is 25.5. The van der Waals surface area contributed by atoms with Crippen LogP contribution in [0.4, 0.5) is 4.39 Å². The molecule has 0 heterocycles. The van der Waals surface area contributed by atoms with Crippen molar-refractivity contribution in [3.63, 3.8) is 0 Å². The molecule has 0 spiro atoms. The molecule has 0 unspecified atom stereocenters. The van der Waals surface area contributed by atoms with Crippen LogP contribution in [0.15, 0.2) is 66.7 Å². The van der Waals surface area contributed by atoms with E-state index < -0.39 is 11.8 Å². The fourth-order valence-corrected chi connectivity index (χ4v) is 4.66. The van der Waals surface area contributed by atoms with E-state index >= 15 is 0 Å². The van der Waals surface area contributed by atoms with Gasteiger partial charge in [0.2, 0.25) is 0 Å². The van der Waals surface area contributed by atoms with E-state index in [1.165, 1.54) is 20.3 Å². The molecule has 36 heavy (non-hydrogen) atoms. The SMILES string of the molecule is COc1cc(-c2cccc(-c3cccc(-c4cc(F)c(CN)c(OC)c4)c3C)c2C)ccc1C(=O)O.